The fraction of sp³-hybridized carbons (Fsp3) is 0. The van der Waals surface area contributed by atoms with Crippen molar-refractivity contribution < 1.29 is 4.79 Å². The van der Waals surface area contributed by atoms with Crippen molar-refractivity contribution in [3.05, 3.63) is 29.6 Å². The van der Waals surface area contributed by atoms with Crippen molar-refractivity contribution in [2.24, 2.45) is 0 Å². The molecule has 2 nitrogen and oxygen atoms in total. The Morgan fingerprint density at radius 2 is 2.50 bits per heavy atom. The Morgan fingerprint density at radius 3 is 3.10 bits per heavy atom. The topological polar surface area (TPSA) is 30.0 Å². The summed E-state index contributed by atoms with van der Waals surface area (Å²) in [5.41, 5.74) is 1.05. The van der Waals surface area contributed by atoms with Crippen molar-refractivity contribution in [2.75, 3.05) is 0 Å². The first kappa shape index (κ1) is 6.50. The summed E-state index contributed by atoms with van der Waals surface area (Å²) >= 11 is 0. The molecular formula is C8H5NO. The van der Waals surface area contributed by atoms with Crippen molar-refractivity contribution in [1.82, 2.24) is 4.98 Å². The average molecular weight is 131 g/mol. The zero-order valence-electron chi connectivity index (χ0n) is 5.24. The predicted octanol–water partition coefficient (Wildman–Crippen LogP) is 0.875. The molecule has 0 aliphatic rings. The van der Waals surface area contributed by atoms with Gasteiger partial charge in [-0.3, -0.25) is 9.78 Å². The van der Waals surface area contributed by atoms with Gasteiger partial charge in [0.2, 0.25) is 0 Å². The third-order valence-corrected chi connectivity index (χ3v) is 1.07. The second-order valence-electron chi connectivity index (χ2n) is 1.73. The zero-order chi connectivity index (χ0) is 7.40. The van der Waals surface area contributed by atoms with Gasteiger partial charge in [0, 0.05) is 11.8 Å². The van der Waals surface area contributed by atoms with Crippen molar-refractivity contribution >= 4 is 6.29 Å². The molecule has 0 saturated carbocycles. The van der Waals surface area contributed by atoms with Crippen LogP contribution in [0.25, 0.3) is 0 Å². The van der Waals surface area contributed by atoms with E-state index in [0.29, 0.717) is 17.5 Å². The highest BCUT2D eigenvalue weighted by atomic mass is 16.1. The van der Waals surface area contributed by atoms with Crippen LogP contribution >= 0.6 is 0 Å². The molecule has 0 unspecified atom stereocenters. The van der Waals surface area contributed by atoms with Gasteiger partial charge in [-0.05, 0) is 12.1 Å². The number of nitrogens with zero attached hydrogens (tertiary/aromatic N) is 1. The maximum atomic E-state index is 10.1. The van der Waals surface area contributed by atoms with Crippen LogP contribution in [-0.4, -0.2) is 11.3 Å². The number of aldehydes is 1. The van der Waals surface area contributed by atoms with Crippen LogP contribution in [0.4, 0.5) is 0 Å². The highest BCUT2D eigenvalue weighted by molar-refractivity contribution is 5.72. The molecule has 0 fully saturated rings. The van der Waals surface area contributed by atoms with Crippen molar-refractivity contribution in [2.45, 2.75) is 0 Å². The van der Waals surface area contributed by atoms with E-state index in [2.05, 4.69) is 10.9 Å². The van der Waals surface area contributed by atoms with Crippen LogP contribution < -0.4 is 0 Å². The Morgan fingerprint density at radius 1 is 1.70 bits per heavy atom. The maximum Gasteiger partial charge on any atom is 0.168 e. The molecule has 0 atom stereocenters. The number of carbonyl (C=O) groups excluding carboxylic acids is 1. The molecule has 0 aliphatic carbocycles. The van der Waals surface area contributed by atoms with Crippen LogP contribution in [0.1, 0.15) is 16.1 Å². The van der Waals surface area contributed by atoms with Gasteiger partial charge in [0.25, 0.3) is 0 Å². The van der Waals surface area contributed by atoms with Crippen LogP contribution in [0.5, 0.6) is 0 Å². The minimum absolute atomic E-state index is 0.371. The normalized spacial score (nSPS) is 8.30. The summed E-state index contributed by atoms with van der Waals surface area (Å²) < 4.78 is 0. The van der Waals surface area contributed by atoms with Crippen molar-refractivity contribution in [1.29, 1.82) is 0 Å². The van der Waals surface area contributed by atoms with Gasteiger partial charge in [-0.2, -0.15) is 0 Å². The van der Waals surface area contributed by atoms with Gasteiger partial charge in [0.1, 0.15) is 5.69 Å². The number of hydrogen-bond acceptors (Lipinski definition) is 2. The van der Waals surface area contributed by atoms with Gasteiger partial charge in [0.15, 0.2) is 6.29 Å². The number of terminal acetylenes is 1. The Kier molecular flexibility index (Phi) is 1.81. The SMILES string of the molecule is C#Cc1ccnc(C=O)c1. The lowest BCUT2D eigenvalue weighted by Crippen LogP contribution is -1.85. The lowest BCUT2D eigenvalue weighted by atomic mass is 10.2. The average Bonchev–Trinajstić information content (AvgIpc) is 2.05. The summed E-state index contributed by atoms with van der Waals surface area (Å²) in [4.78, 5) is 13.9. The third kappa shape index (κ3) is 1.20. The minimum Gasteiger partial charge on any atom is -0.296 e. The summed E-state index contributed by atoms with van der Waals surface area (Å²) in [6.45, 7) is 0. The van der Waals surface area contributed by atoms with E-state index in [1.807, 2.05) is 0 Å². The number of carbonyl (C=O) groups is 1. The fourth-order valence-corrected chi connectivity index (χ4v) is 0.603. The molecular weight excluding hydrogens is 126 g/mol. The fourth-order valence-electron chi connectivity index (χ4n) is 0.603. The highest BCUT2D eigenvalue weighted by Crippen LogP contribution is 1.96. The molecule has 1 rings (SSSR count). The van der Waals surface area contributed by atoms with Gasteiger partial charge in [-0.15, -0.1) is 6.42 Å². The van der Waals surface area contributed by atoms with Crippen LogP contribution in [0.15, 0.2) is 18.3 Å². The van der Waals surface area contributed by atoms with Gasteiger partial charge < -0.3 is 0 Å². The van der Waals surface area contributed by atoms with Gasteiger partial charge >= 0.3 is 0 Å². The Balaban J connectivity index is 3.13. The van der Waals surface area contributed by atoms with Gasteiger partial charge in [0.05, 0.1) is 0 Å². The van der Waals surface area contributed by atoms with Crippen LogP contribution in [0.2, 0.25) is 0 Å². The molecule has 0 saturated heterocycles. The molecule has 10 heavy (non-hydrogen) atoms. The second kappa shape index (κ2) is 2.79. The molecule has 1 aromatic rings. The number of hydrogen-bond donors (Lipinski definition) is 0. The van der Waals surface area contributed by atoms with E-state index in [9.17, 15) is 4.79 Å². The van der Waals surface area contributed by atoms with E-state index in [1.54, 1.807) is 12.1 Å². The largest absolute Gasteiger partial charge is 0.296 e. The lowest BCUT2D eigenvalue weighted by molar-refractivity contribution is 0.111. The molecule has 0 N–H and O–H groups in total. The minimum atomic E-state index is 0.371. The third-order valence-electron chi connectivity index (χ3n) is 1.07. The number of pyridine rings is 1. The number of rotatable bonds is 1. The van der Waals surface area contributed by atoms with E-state index < -0.39 is 0 Å². The Hall–Kier alpha value is -1.62. The van der Waals surface area contributed by atoms with Crippen LogP contribution in [0, 0.1) is 12.3 Å². The molecule has 0 spiro atoms. The Labute approximate surface area is 58.9 Å². The molecule has 1 aromatic heterocycles. The smallest absolute Gasteiger partial charge is 0.168 e. The zero-order valence-corrected chi connectivity index (χ0v) is 5.24. The molecule has 0 radical (unpaired) electrons. The highest BCUT2D eigenvalue weighted by Gasteiger charge is 1.90. The van der Waals surface area contributed by atoms with E-state index >= 15 is 0 Å². The summed E-state index contributed by atoms with van der Waals surface area (Å²) in [6, 6.07) is 3.24. The molecule has 0 bridgehead atoms. The van der Waals surface area contributed by atoms with Crippen LogP contribution in [0.3, 0.4) is 0 Å². The van der Waals surface area contributed by atoms with E-state index in [-0.39, 0.29) is 0 Å². The standard InChI is InChI=1S/C8H5NO/c1-2-7-3-4-9-8(5-7)6-10/h1,3-6H. The summed E-state index contributed by atoms with van der Waals surface area (Å²) in [7, 11) is 0. The van der Waals surface area contributed by atoms with E-state index in [0.717, 1.165) is 0 Å². The first-order valence-corrected chi connectivity index (χ1v) is 2.74. The molecule has 1 heterocycles. The monoisotopic (exact) mass is 131 g/mol. The van der Waals surface area contributed by atoms with Gasteiger partial charge in [-0.25, -0.2) is 0 Å². The van der Waals surface area contributed by atoms with Crippen molar-refractivity contribution in [3.63, 3.8) is 0 Å². The second-order valence-corrected chi connectivity index (χ2v) is 1.73. The molecule has 0 aromatic carbocycles. The molecule has 2 heteroatoms. The summed E-state index contributed by atoms with van der Waals surface area (Å²) in [5.74, 6) is 2.40. The summed E-state index contributed by atoms with van der Waals surface area (Å²) in [6.07, 6.45) is 7.26. The van der Waals surface area contributed by atoms with E-state index in [4.69, 9.17) is 6.42 Å². The summed E-state index contributed by atoms with van der Waals surface area (Å²) in [5, 5.41) is 0. The maximum absolute atomic E-state index is 10.1. The molecule has 48 valence electrons. The lowest BCUT2D eigenvalue weighted by Gasteiger charge is -1.88. The van der Waals surface area contributed by atoms with E-state index in [1.165, 1.54) is 6.20 Å². The first-order chi connectivity index (χ1) is 4.86. The predicted molar refractivity (Wildman–Crippen MR) is 37.6 cm³/mol. The van der Waals surface area contributed by atoms with Crippen molar-refractivity contribution in [3.8, 4) is 12.3 Å². The number of aromatic nitrogens is 1. The molecule has 0 aliphatic heterocycles. The quantitative estimate of drug-likeness (QED) is 0.418. The van der Waals surface area contributed by atoms with Crippen LogP contribution in [-0.2, 0) is 0 Å². The van der Waals surface area contributed by atoms with Gasteiger partial charge in [-0.1, -0.05) is 5.92 Å². The molecule has 0 amide bonds. The Bertz CT molecular complexity index is 286. The first-order valence-electron chi connectivity index (χ1n) is 2.74.